The fraction of sp³-hybridized carbons (Fsp3) is 0.0556. The smallest absolute Gasteiger partial charge is 0.130 e. The van der Waals surface area contributed by atoms with Gasteiger partial charge >= 0.3 is 0 Å². The van der Waals surface area contributed by atoms with Crippen molar-refractivity contribution in [1.82, 2.24) is 4.98 Å². The molecule has 2 N–H and O–H groups in total. The Balaban J connectivity index is 1.75. The summed E-state index contributed by atoms with van der Waals surface area (Å²) in [4.78, 5) is 4.35. The average Bonchev–Trinajstić information content (AvgIpc) is 2.57. The first-order chi connectivity index (χ1) is 10.3. The van der Waals surface area contributed by atoms with Crippen molar-refractivity contribution < 1.29 is 5.11 Å². The van der Waals surface area contributed by atoms with E-state index in [9.17, 15) is 5.11 Å². The topological polar surface area (TPSA) is 45.1 Å². The van der Waals surface area contributed by atoms with Crippen LogP contribution >= 0.6 is 0 Å². The van der Waals surface area contributed by atoms with Crippen molar-refractivity contribution in [2.24, 2.45) is 0 Å². The minimum atomic E-state index is -0.649. The second-order valence-electron chi connectivity index (χ2n) is 4.78. The zero-order valence-corrected chi connectivity index (χ0v) is 11.5. The molecule has 0 aliphatic rings. The number of anilines is 2. The molecule has 0 aliphatic heterocycles. The fourth-order valence-corrected chi connectivity index (χ4v) is 2.14. The number of nitrogens with zero attached hydrogens (tertiary/aromatic N) is 1. The van der Waals surface area contributed by atoms with E-state index in [1.807, 2.05) is 72.8 Å². The third-order valence-corrected chi connectivity index (χ3v) is 3.26. The van der Waals surface area contributed by atoms with Crippen molar-refractivity contribution in [3.05, 3.63) is 90.1 Å². The van der Waals surface area contributed by atoms with E-state index in [1.165, 1.54) is 0 Å². The molecule has 0 unspecified atom stereocenters. The number of rotatable bonds is 4. The second-order valence-corrected chi connectivity index (χ2v) is 4.78. The number of para-hydroxylation sites is 1. The lowest BCUT2D eigenvalue weighted by Crippen LogP contribution is -2.01. The van der Waals surface area contributed by atoms with Gasteiger partial charge in [0.05, 0.1) is 0 Å². The van der Waals surface area contributed by atoms with Crippen molar-refractivity contribution in [2.45, 2.75) is 6.10 Å². The molecule has 0 saturated heterocycles. The van der Waals surface area contributed by atoms with Gasteiger partial charge in [0.25, 0.3) is 0 Å². The van der Waals surface area contributed by atoms with Gasteiger partial charge in [-0.15, -0.1) is 0 Å². The number of hydrogen-bond acceptors (Lipinski definition) is 3. The Morgan fingerprint density at radius 2 is 1.43 bits per heavy atom. The molecule has 3 aromatic rings. The molecule has 0 radical (unpaired) electrons. The Labute approximate surface area is 123 Å². The number of hydrogen-bond donors (Lipinski definition) is 2. The zero-order valence-electron chi connectivity index (χ0n) is 11.5. The van der Waals surface area contributed by atoms with E-state index in [-0.39, 0.29) is 0 Å². The highest BCUT2D eigenvalue weighted by Crippen LogP contribution is 2.22. The van der Waals surface area contributed by atoms with Crippen LogP contribution in [0.4, 0.5) is 11.5 Å². The third-order valence-electron chi connectivity index (χ3n) is 3.26. The van der Waals surface area contributed by atoms with Crippen LogP contribution in [0.25, 0.3) is 0 Å². The lowest BCUT2D eigenvalue weighted by atomic mass is 10.0. The first-order valence-corrected chi connectivity index (χ1v) is 6.84. The van der Waals surface area contributed by atoms with Crippen LogP contribution in [0.2, 0.25) is 0 Å². The number of pyridine rings is 1. The van der Waals surface area contributed by atoms with Crippen LogP contribution in [0, 0.1) is 0 Å². The molecule has 21 heavy (non-hydrogen) atoms. The molecule has 0 amide bonds. The maximum absolute atomic E-state index is 10.3. The number of aliphatic hydroxyl groups is 1. The number of aromatic nitrogens is 1. The minimum absolute atomic E-state index is 0.649. The van der Waals surface area contributed by atoms with Crippen LogP contribution < -0.4 is 5.32 Å². The molecular weight excluding hydrogens is 260 g/mol. The molecule has 3 nitrogen and oxygen atoms in total. The highest BCUT2D eigenvalue weighted by atomic mass is 16.3. The highest BCUT2D eigenvalue weighted by Gasteiger charge is 2.10. The van der Waals surface area contributed by atoms with Crippen LogP contribution in [-0.4, -0.2) is 10.1 Å². The Bertz CT molecular complexity index is 681. The van der Waals surface area contributed by atoms with Gasteiger partial charge in [0.15, 0.2) is 0 Å². The molecule has 1 aromatic heterocycles. The first kappa shape index (κ1) is 13.3. The van der Waals surface area contributed by atoms with Crippen molar-refractivity contribution >= 4 is 11.5 Å². The Morgan fingerprint density at radius 3 is 2.05 bits per heavy atom. The lowest BCUT2D eigenvalue weighted by Gasteiger charge is -2.12. The summed E-state index contributed by atoms with van der Waals surface area (Å²) in [7, 11) is 0. The molecule has 3 heteroatoms. The quantitative estimate of drug-likeness (QED) is 0.759. The van der Waals surface area contributed by atoms with Gasteiger partial charge in [-0.3, -0.25) is 0 Å². The maximum Gasteiger partial charge on any atom is 0.130 e. The molecule has 2 aromatic carbocycles. The highest BCUT2D eigenvalue weighted by molar-refractivity contribution is 5.55. The van der Waals surface area contributed by atoms with Gasteiger partial charge in [-0.2, -0.15) is 0 Å². The van der Waals surface area contributed by atoms with Crippen molar-refractivity contribution in [2.75, 3.05) is 5.32 Å². The molecule has 0 aliphatic carbocycles. The normalized spacial score (nSPS) is 11.9. The summed E-state index contributed by atoms with van der Waals surface area (Å²) in [5.41, 5.74) is 2.63. The van der Waals surface area contributed by atoms with Gasteiger partial charge < -0.3 is 10.4 Å². The summed E-state index contributed by atoms with van der Waals surface area (Å²) in [5.74, 6) is 0.755. The Kier molecular flexibility index (Phi) is 3.94. The lowest BCUT2D eigenvalue weighted by molar-refractivity contribution is 0.220. The van der Waals surface area contributed by atoms with E-state index in [1.54, 1.807) is 6.20 Å². The van der Waals surface area contributed by atoms with Gasteiger partial charge in [0.2, 0.25) is 0 Å². The number of nitrogens with one attached hydrogen (secondary N) is 1. The van der Waals surface area contributed by atoms with Gasteiger partial charge in [-0.25, -0.2) is 4.98 Å². The molecule has 104 valence electrons. The monoisotopic (exact) mass is 276 g/mol. The molecule has 1 heterocycles. The summed E-state index contributed by atoms with van der Waals surface area (Å²) in [6, 6.07) is 23.2. The summed E-state index contributed by atoms with van der Waals surface area (Å²) in [6.45, 7) is 0. The fourth-order valence-electron chi connectivity index (χ4n) is 2.14. The molecular formula is C18H16N2O. The van der Waals surface area contributed by atoms with Gasteiger partial charge in [-0.05, 0) is 23.8 Å². The van der Waals surface area contributed by atoms with E-state index in [0.29, 0.717) is 0 Å². The standard InChI is InChI=1S/C18H16N2O/c21-18(14-7-3-1-4-8-14)15-11-12-17(19-13-15)20-16-9-5-2-6-10-16/h1-13,18,21H,(H,19,20)/t18-/m0/s1. The van der Waals surface area contributed by atoms with E-state index in [0.717, 1.165) is 22.6 Å². The van der Waals surface area contributed by atoms with Crippen molar-refractivity contribution in [3.8, 4) is 0 Å². The van der Waals surface area contributed by atoms with Gasteiger partial charge in [0, 0.05) is 17.4 Å². The predicted octanol–water partition coefficient (Wildman–Crippen LogP) is 3.91. The Hall–Kier alpha value is -2.65. The maximum atomic E-state index is 10.3. The van der Waals surface area contributed by atoms with Crippen molar-refractivity contribution in [1.29, 1.82) is 0 Å². The summed E-state index contributed by atoms with van der Waals surface area (Å²) < 4.78 is 0. The minimum Gasteiger partial charge on any atom is -0.384 e. The van der Waals surface area contributed by atoms with E-state index in [4.69, 9.17) is 0 Å². The van der Waals surface area contributed by atoms with Gasteiger partial charge in [0.1, 0.15) is 11.9 Å². The Morgan fingerprint density at radius 1 is 0.762 bits per heavy atom. The van der Waals surface area contributed by atoms with Crippen LogP contribution in [-0.2, 0) is 0 Å². The third kappa shape index (κ3) is 3.27. The van der Waals surface area contributed by atoms with E-state index < -0.39 is 6.10 Å². The summed E-state index contributed by atoms with van der Waals surface area (Å²) in [5, 5.41) is 13.5. The molecule has 1 atom stereocenters. The number of benzene rings is 2. The molecule has 0 saturated carbocycles. The van der Waals surface area contributed by atoms with Crippen molar-refractivity contribution in [3.63, 3.8) is 0 Å². The first-order valence-electron chi connectivity index (χ1n) is 6.84. The van der Waals surface area contributed by atoms with Crippen LogP contribution in [0.1, 0.15) is 17.2 Å². The average molecular weight is 276 g/mol. The summed E-state index contributed by atoms with van der Waals surface area (Å²) >= 11 is 0. The van der Waals surface area contributed by atoms with E-state index >= 15 is 0 Å². The SMILES string of the molecule is O[C@@H](c1ccccc1)c1ccc(Nc2ccccc2)nc1. The molecule has 0 spiro atoms. The van der Waals surface area contributed by atoms with Crippen LogP contribution in [0.5, 0.6) is 0 Å². The largest absolute Gasteiger partial charge is 0.384 e. The summed E-state index contributed by atoms with van der Waals surface area (Å²) in [6.07, 6.45) is 1.05. The zero-order chi connectivity index (χ0) is 14.5. The predicted molar refractivity (Wildman–Crippen MR) is 84.5 cm³/mol. The van der Waals surface area contributed by atoms with Gasteiger partial charge in [-0.1, -0.05) is 54.6 Å². The molecule has 0 fully saturated rings. The van der Waals surface area contributed by atoms with E-state index in [2.05, 4.69) is 10.3 Å². The molecule has 3 rings (SSSR count). The number of aliphatic hydroxyl groups excluding tert-OH is 1. The van der Waals surface area contributed by atoms with Crippen LogP contribution in [0.15, 0.2) is 79.0 Å². The van der Waals surface area contributed by atoms with Crippen LogP contribution in [0.3, 0.4) is 0 Å². The molecule has 0 bridgehead atoms. The second kappa shape index (κ2) is 6.20.